The Balaban J connectivity index is 1.82. The smallest absolute Gasteiger partial charge is 0.251 e. The highest BCUT2D eigenvalue weighted by atomic mass is 19.1. The molecule has 0 aliphatic heterocycles. The average Bonchev–Trinajstić information content (AvgIpc) is 2.77. The lowest BCUT2D eigenvalue weighted by Crippen LogP contribution is -2.23. The van der Waals surface area contributed by atoms with Gasteiger partial charge in [0, 0.05) is 35.5 Å². The maximum absolute atomic E-state index is 13.5. The number of nitrogens with zero attached hydrogens (tertiary/aromatic N) is 3. The molecule has 0 saturated heterocycles. The van der Waals surface area contributed by atoms with Crippen LogP contribution in [-0.2, 0) is 6.54 Å². The number of allylic oxidation sites excluding steroid dienone is 1. The summed E-state index contributed by atoms with van der Waals surface area (Å²) in [6.45, 7) is 7.45. The first-order valence-electron chi connectivity index (χ1n) is 9.27. The van der Waals surface area contributed by atoms with E-state index >= 15 is 0 Å². The van der Waals surface area contributed by atoms with Gasteiger partial charge in [-0.1, -0.05) is 6.07 Å². The molecule has 7 heteroatoms. The van der Waals surface area contributed by atoms with Gasteiger partial charge in [0.1, 0.15) is 17.3 Å². The van der Waals surface area contributed by atoms with Crippen molar-refractivity contribution in [2.75, 3.05) is 0 Å². The Morgan fingerprint density at radius 3 is 2.77 bits per heavy atom. The number of aliphatic imine (C=N–C) groups is 1. The summed E-state index contributed by atoms with van der Waals surface area (Å²) in [5.41, 5.74) is 3.00. The number of hydrogen-bond donors (Lipinski definition) is 1. The quantitative estimate of drug-likeness (QED) is 0.460. The molecule has 0 atom stereocenters. The van der Waals surface area contributed by atoms with Crippen molar-refractivity contribution in [3.63, 3.8) is 0 Å². The van der Waals surface area contributed by atoms with E-state index in [1.165, 1.54) is 12.1 Å². The molecule has 1 aromatic heterocycles. The summed E-state index contributed by atoms with van der Waals surface area (Å²) < 4.78 is 19.6. The Morgan fingerprint density at radius 2 is 2.07 bits per heavy atom. The Hall–Kier alpha value is -3.87. The van der Waals surface area contributed by atoms with E-state index in [1.54, 1.807) is 55.7 Å². The van der Waals surface area contributed by atoms with E-state index in [9.17, 15) is 9.18 Å². The third-order valence-electron chi connectivity index (χ3n) is 4.50. The number of carbonyl (C=O) groups excluding carboxylic acids is 1. The number of nitrogens with one attached hydrogen (secondary N) is 1. The van der Waals surface area contributed by atoms with E-state index in [2.05, 4.69) is 27.2 Å². The first kappa shape index (κ1) is 20.9. The van der Waals surface area contributed by atoms with Crippen molar-refractivity contribution >= 4 is 24.1 Å². The minimum absolute atomic E-state index is 0.230. The van der Waals surface area contributed by atoms with Crippen molar-refractivity contribution in [2.45, 2.75) is 20.4 Å². The summed E-state index contributed by atoms with van der Waals surface area (Å²) >= 11 is 0. The number of halogens is 1. The van der Waals surface area contributed by atoms with E-state index in [0.717, 1.165) is 5.56 Å². The fourth-order valence-corrected chi connectivity index (χ4v) is 2.90. The van der Waals surface area contributed by atoms with Gasteiger partial charge in [-0.15, -0.1) is 0 Å². The summed E-state index contributed by atoms with van der Waals surface area (Å²) in [7, 11) is 0. The number of aromatic nitrogens is 2. The van der Waals surface area contributed by atoms with Crippen molar-refractivity contribution in [1.29, 1.82) is 0 Å². The van der Waals surface area contributed by atoms with E-state index in [-0.39, 0.29) is 5.91 Å². The summed E-state index contributed by atoms with van der Waals surface area (Å²) in [5.74, 6) is 0.365. The molecule has 152 valence electrons. The van der Waals surface area contributed by atoms with Gasteiger partial charge in [-0.25, -0.2) is 4.39 Å². The number of benzene rings is 2. The van der Waals surface area contributed by atoms with Crippen LogP contribution in [0.2, 0.25) is 0 Å². The summed E-state index contributed by atoms with van der Waals surface area (Å²) in [4.78, 5) is 16.6. The largest absolute Gasteiger partial charge is 0.457 e. The number of carbonyl (C=O) groups is 1. The maximum atomic E-state index is 13.5. The summed E-state index contributed by atoms with van der Waals surface area (Å²) in [6, 6.07) is 11.2. The SMILES string of the molecule is C=Nc1cc(F)ccc1/C(=C\C)Oc1cccc(C(=O)NCc2ccnnc2)c1C. The maximum Gasteiger partial charge on any atom is 0.251 e. The second kappa shape index (κ2) is 9.56. The molecule has 0 spiro atoms. The lowest BCUT2D eigenvalue weighted by atomic mass is 10.1. The molecule has 0 bridgehead atoms. The number of ether oxygens (including phenoxy) is 1. The van der Waals surface area contributed by atoms with E-state index in [0.29, 0.717) is 40.4 Å². The van der Waals surface area contributed by atoms with Gasteiger partial charge in [0.25, 0.3) is 5.91 Å². The second-order valence-corrected chi connectivity index (χ2v) is 6.44. The van der Waals surface area contributed by atoms with Crippen molar-refractivity contribution in [3.8, 4) is 5.75 Å². The van der Waals surface area contributed by atoms with Crippen LogP contribution in [0.4, 0.5) is 10.1 Å². The molecule has 3 rings (SSSR count). The topological polar surface area (TPSA) is 76.5 Å². The Bertz CT molecular complexity index is 1100. The molecule has 0 aliphatic rings. The predicted molar refractivity (Wildman–Crippen MR) is 114 cm³/mol. The number of amides is 1. The second-order valence-electron chi connectivity index (χ2n) is 6.44. The van der Waals surface area contributed by atoms with E-state index < -0.39 is 5.82 Å². The first-order valence-corrected chi connectivity index (χ1v) is 9.27. The standard InChI is InChI=1S/C23H21FN4O2/c1-4-21(19-9-8-17(24)12-20(19)25-3)30-22-7-5-6-18(15(22)2)23(29)26-13-16-10-11-27-28-14-16/h4-12,14H,3,13H2,1-2H3,(H,26,29)/b21-4+. The highest BCUT2D eigenvalue weighted by Gasteiger charge is 2.15. The van der Waals surface area contributed by atoms with Gasteiger partial charge in [-0.3, -0.25) is 9.79 Å². The third-order valence-corrected chi connectivity index (χ3v) is 4.50. The average molecular weight is 404 g/mol. The van der Waals surface area contributed by atoms with Crippen molar-refractivity contribution < 1.29 is 13.9 Å². The molecular formula is C23H21FN4O2. The minimum atomic E-state index is -0.407. The molecule has 30 heavy (non-hydrogen) atoms. The van der Waals surface area contributed by atoms with E-state index in [1.807, 2.05) is 6.92 Å². The van der Waals surface area contributed by atoms with Crippen LogP contribution in [0, 0.1) is 12.7 Å². The zero-order chi connectivity index (χ0) is 21.5. The molecular weight excluding hydrogens is 383 g/mol. The van der Waals surface area contributed by atoms with Gasteiger partial charge in [0.05, 0.1) is 11.9 Å². The fraction of sp³-hybridized carbons (Fsp3) is 0.130. The van der Waals surface area contributed by atoms with Crippen molar-refractivity contribution in [3.05, 3.63) is 89.0 Å². The third kappa shape index (κ3) is 4.75. The molecule has 2 aromatic carbocycles. The normalized spacial score (nSPS) is 11.1. The zero-order valence-electron chi connectivity index (χ0n) is 16.7. The molecule has 0 saturated carbocycles. The van der Waals surface area contributed by atoms with Crippen LogP contribution in [0.5, 0.6) is 5.75 Å². The molecule has 6 nitrogen and oxygen atoms in total. The Labute approximate surface area is 174 Å². The number of rotatable bonds is 7. The van der Waals surface area contributed by atoms with Gasteiger partial charge >= 0.3 is 0 Å². The van der Waals surface area contributed by atoms with Crippen molar-refractivity contribution in [1.82, 2.24) is 15.5 Å². The lowest BCUT2D eigenvalue weighted by molar-refractivity contribution is 0.0950. The highest BCUT2D eigenvalue weighted by molar-refractivity contribution is 5.96. The lowest BCUT2D eigenvalue weighted by Gasteiger charge is -2.16. The summed E-state index contributed by atoms with van der Waals surface area (Å²) in [6.07, 6.45) is 4.92. The van der Waals surface area contributed by atoms with Gasteiger partial charge in [-0.05, 0) is 62.5 Å². The van der Waals surface area contributed by atoms with Gasteiger partial charge in [0.15, 0.2) is 0 Å². The minimum Gasteiger partial charge on any atom is -0.457 e. The Morgan fingerprint density at radius 1 is 1.23 bits per heavy atom. The molecule has 0 radical (unpaired) electrons. The molecule has 0 unspecified atom stereocenters. The van der Waals surface area contributed by atoms with Crippen LogP contribution >= 0.6 is 0 Å². The molecule has 1 heterocycles. The van der Waals surface area contributed by atoms with Gasteiger partial charge < -0.3 is 10.1 Å². The van der Waals surface area contributed by atoms with Crippen LogP contribution in [0.3, 0.4) is 0 Å². The van der Waals surface area contributed by atoms with Crippen LogP contribution in [0.25, 0.3) is 5.76 Å². The van der Waals surface area contributed by atoms with Crippen LogP contribution in [0.1, 0.15) is 34.0 Å². The zero-order valence-corrected chi connectivity index (χ0v) is 16.7. The monoisotopic (exact) mass is 404 g/mol. The summed E-state index contributed by atoms with van der Waals surface area (Å²) in [5, 5.41) is 10.4. The molecule has 3 aromatic rings. The molecule has 1 N–H and O–H groups in total. The molecule has 0 fully saturated rings. The predicted octanol–water partition coefficient (Wildman–Crippen LogP) is 4.63. The van der Waals surface area contributed by atoms with Crippen LogP contribution in [-0.4, -0.2) is 22.8 Å². The number of hydrogen-bond acceptors (Lipinski definition) is 5. The van der Waals surface area contributed by atoms with Gasteiger partial charge in [0.2, 0.25) is 0 Å². The molecule has 1 amide bonds. The molecule has 0 aliphatic carbocycles. The first-order chi connectivity index (χ1) is 14.5. The Kier molecular flexibility index (Phi) is 6.64. The van der Waals surface area contributed by atoms with Crippen molar-refractivity contribution in [2.24, 2.45) is 4.99 Å². The van der Waals surface area contributed by atoms with Gasteiger partial charge in [-0.2, -0.15) is 10.2 Å². The highest BCUT2D eigenvalue weighted by Crippen LogP contribution is 2.31. The van der Waals surface area contributed by atoms with E-state index in [4.69, 9.17) is 4.74 Å². The van der Waals surface area contributed by atoms with Crippen LogP contribution in [0.15, 0.2) is 65.9 Å². The fourth-order valence-electron chi connectivity index (χ4n) is 2.90. The van der Waals surface area contributed by atoms with Crippen LogP contribution < -0.4 is 10.1 Å².